The number of amides is 1. The number of rotatable bonds is 3. The predicted molar refractivity (Wildman–Crippen MR) is 59.2 cm³/mol. The number of aromatic nitrogens is 2. The highest BCUT2D eigenvalue weighted by Crippen LogP contribution is 2.09. The van der Waals surface area contributed by atoms with Crippen molar-refractivity contribution in [1.82, 2.24) is 14.9 Å². The Kier molecular flexibility index (Phi) is 2.87. The molecule has 16 heavy (non-hydrogen) atoms. The first kappa shape index (κ1) is 10.6. The van der Waals surface area contributed by atoms with Crippen LogP contribution < -0.4 is 5.32 Å². The number of aliphatic hydroxyl groups is 1. The van der Waals surface area contributed by atoms with Gasteiger partial charge < -0.3 is 10.4 Å². The molecule has 0 unspecified atom stereocenters. The van der Waals surface area contributed by atoms with Gasteiger partial charge in [0.1, 0.15) is 0 Å². The second kappa shape index (κ2) is 4.32. The summed E-state index contributed by atoms with van der Waals surface area (Å²) in [6.07, 6.45) is 2.75. The fraction of sp³-hybridized carbons (Fsp3) is 0.273. The first-order valence-electron chi connectivity index (χ1n) is 5.07. The van der Waals surface area contributed by atoms with Crippen molar-refractivity contribution in [2.24, 2.45) is 0 Å². The van der Waals surface area contributed by atoms with Crippen LogP contribution in [0.25, 0.3) is 5.52 Å². The Morgan fingerprint density at radius 3 is 3.19 bits per heavy atom. The monoisotopic (exact) mass is 219 g/mol. The van der Waals surface area contributed by atoms with E-state index < -0.39 is 6.10 Å². The summed E-state index contributed by atoms with van der Waals surface area (Å²) >= 11 is 0. The van der Waals surface area contributed by atoms with Gasteiger partial charge in [-0.15, -0.1) is 0 Å². The van der Waals surface area contributed by atoms with Crippen LogP contribution in [0, 0.1) is 0 Å². The highest BCUT2D eigenvalue weighted by Gasteiger charge is 2.11. The van der Waals surface area contributed by atoms with Crippen molar-refractivity contribution in [2.45, 2.75) is 13.0 Å². The number of aliphatic hydroxyl groups excluding tert-OH is 1. The number of hydrogen-bond donors (Lipinski definition) is 2. The van der Waals surface area contributed by atoms with E-state index in [2.05, 4.69) is 10.4 Å². The Hall–Kier alpha value is -1.88. The Balaban J connectivity index is 2.23. The van der Waals surface area contributed by atoms with E-state index in [1.54, 1.807) is 17.6 Å². The van der Waals surface area contributed by atoms with Crippen molar-refractivity contribution in [3.8, 4) is 0 Å². The zero-order valence-corrected chi connectivity index (χ0v) is 8.92. The van der Waals surface area contributed by atoms with Crippen LogP contribution in [-0.4, -0.2) is 33.3 Å². The summed E-state index contributed by atoms with van der Waals surface area (Å²) in [7, 11) is 0. The van der Waals surface area contributed by atoms with Gasteiger partial charge in [0.2, 0.25) is 0 Å². The molecule has 5 nitrogen and oxygen atoms in total. The molecular formula is C11H13N3O2. The van der Waals surface area contributed by atoms with Gasteiger partial charge in [0.05, 0.1) is 23.4 Å². The van der Waals surface area contributed by atoms with Crippen LogP contribution in [0.4, 0.5) is 0 Å². The molecule has 0 bridgehead atoms. The molecule has 2 heterocycles. The SMILES string of the molecule is C[C@H](O)CNC(=O)c1cnn2ccccc12. The number of nitrogens with zero attached hydrogens (tertiary/aromatic N) is 2. The second-order valence-electron chi connectivity index (χ2n) is 3.65. The molecule has 0 aromatic carbocycles. The molecule has 5 heteroatoms. The minimum absolute atomic E-state index is 0.220. The summed E-state index contributed by atoms with van der Waals surface area (Å²) < 4.78 is 1.64. The smallest absolute Gasteiger partial charge is 0.255 e. The van der Waals surface area contributed by atoms with Crippen LogP contribution in [0.2, 0.25) is 0 Å². The van der Waals surface area contributed by atoms with Crippen molar-refractivity contribution >= 4 is 11.4 Å². The van der Waals surface area contributed by atoms with Crippen LogP contribution in [0.5, 0.6) is 0 Å². The van der Waals surface area contributed by atoms with Crippen molar-refractivity contribution in [2.75, 3.05) is 6.54 Å². The Labute approximate surface area is 92.7 Å². The number of nitrogens with one attached hydrogen (secondary N) is 1. The molecule has 2 N–H and O–H groups in total. The maximum absolute atomic E-state index is 11.7. The number of fused-ring (bicyclic) bond motifs is 1. The van der Waals surface area contributed by atoms with Gasteiger partial charge >= 0.3 is 0 Å². The van der Waals surface area contributed by atoms with E-state index in [-0.39, 0.29) is 12.5 Å². The van der Waals surface area contributed by atoms with Gasteiger partial charge in [0, 0.05) is 12.7 Å². The average Bonchev–Trinajstić information content (AvgIpc) is 2.69. The van der Waals surface area contributed by atoms with E-state index in [9.17, 15) is 4.79 Å². The summed E-state index contributed by atoms with van der Waals surface area (Å²) in [5, 5.41) is 15.8. The summed E-state index contributed by atoms with van der Waals surface area (Å²) in [5.74, 6) is -0.220. The topological polar surface area (TPSA) is 66.6 Å². The summed E-state index contributed by atoms with van der Waals surface area (Å²) in [4.78, 5) is 11.7. The molecule has 1 atom stereocenters. The van der Waals surface area contributed by atoms with Gasteiger partial charge in [-0.05, 0) is 19.1 Å². The fourth-order valence-corrected chi connectivity index (χ4v) is 1.45. The molecular weight excluding hydrogens is 206 g/mol. The molecule has 0 aliphatic carbocycles. The third kappa shape index (κ3) is 2.04. The van der Waals surface area contributed by atoms with E-state index in [4.69, 9.17) is 5.11 Å². The molecule has 0 aliphatic heterocycles. The lowest BCUT2D eigenvalue weighted by Crippen LogP contribution is -2.30. The largest absolute Gasteiger partial charge is 0.392 e. The van der Waals surface area contributed by atoms with Crippen LogP contribution in [-0.2, 0) is 0 Å². The normalized spacial score (nSPS) is 12.6. The van der Waals surface area contributed by atoms with Gasteiger partial charge in [0.15, 0.2) is 0 Å². The van der Waals surface area contributed by atoms with Crippen molar-refractivity contribution < 1.29 is 9.90 Å². The molecule has 2 aromatic heterocycles. The van der Waals surface area contributed by atoms with E-state index in [1.807, 2.05) is 18.2 Å². The van der Waals surface area contributed by atoms with Gasteiger partial charge in [-0.2, -0.15) is 5.10 Å². The van der Waals surface area contributed by atoms with E-state index >= 15 is 0 Å². The summed E-state index contributed by atoms with van der Waals surface area (Å²) in [6.45, 7) is 1.86. The summed E-state index contributed by atoms with van der Waals surface area (Å²) in [5.41, 5.74) is 1.27. The van der Waals surface area contributed by atoms with Crippen LogP contribution in [0.15, 0.2) is 30.6 Å². The molecule has 0 aliphatic rings. The van der Waals surface area contributed by atoms with Crippen molar-refractivity contribution in [3.63, 3.8) is 0 Å². The van der Waals surface area contributed by atoms with Crippen LogP contribution >= 0.6 is 0 Å². The molecule has 1 amide bonds. The zero-order valence-electron chi connectivity index (χ0n) is 8.92. The first-order chi connectivity index (χ1) is 7.68. The third-order valence-corrected chi connectivity index (χ3v) is 2.23. The van der Waals surface area contributed by atoms with E-state index in [0.29, 0.717) is 5.56 Å². The van der Waals surface area contributed by atoms with Crippen LogP contribution in [0.1, 0.15) is 17.3 Å². The first-order valence-corrected chi connectivity index (χ1v) is 5.07. The number of carbonyl (C=O) groups excluding carboxylic acids is 1. The quantitative estimate of drug-likeness (QED) is 0.787. The minimum atomic E-state index is -0.550. The average molecular weight is 219 g/mol. The molecule has 2 aromatic rings. The minimum Gasteiger partial charge on any atom is -0.392 e. The standard InChI is InChI=1S/C11H13N3O2/c1-8(15)6-12-11(16)9-7-13-14-5-3-2-4-10(9)14/h2-5,7-8,15H,6H2,1H3,(H,12,16)/t8-/m0/s1. The Morgan fingerprint density at radius 2 is 2.44 bits per heavy atom. The Bertz CT molecular complexity index is 505. The van der Waals surface area contributed by atoms with Crippen molar-refractivity contribution in [1.29, 1.82) is 0 Å². The molecule has 2 rings (SSSR count). The third-order valence-electron chi connectivity index (χ3n) is 2.23. The van der Waals surface area contributed by atoms with Gasteiger partial charge in [-0.25, -0.2) is 4.52 Å². The van der Waals surface area contributed by atoms with E-state index in [1.165, 1.54) is 6.20 Å². The van der Waals surface area contributed by atoms with Crippen LogP contribution in [0.3, 0.4) is 0 Å². The highest BCUT2D eigenvalue weighted by atomic mass is 16.3. The zero-order chi connectivity index (χ0) is 11.5. The fourth-order valence-electron chi connectivity index (χ4n) is 1.45. The lowest BCUT2D eigenvalue weighted by Gasteiger charge is -2.05. The van der Waals surface area contributed by atoms with Gasteiger partial charge in [-0.3, -0.25) is 4.79 Å². The molecule has 0 fully saturated rings. The lowest BCUT2D eigenvalue weighted by atomic mass is 10.2. The molecule has 0 radical (unpaired) electrons. The maximum atomic E-state index is 11.7. The Morgan fingerprint density at radius 1 is 1.62 bits per heavy atom. The molecule has 0 saturated carbocycles. The number of carbonyl (C=O) groups is 1. The van der Waals surface area contributed by atoms with E-state index in [0.717, 1.165) is 5.52 Å². The highest BCUT2D eigenvalue weighted by molar-refractivity contribution is 6.00. The van der Waals surface area contributed by atoms with Gasteiger partial charge in [-0.1, -0.05) is 6.07 Å². The number of hydrogen-bond acceptors (Lipinski definition) is 3. The number of pyridine rings is 1. The predicted octanol–water partition coefficient (Wildman–Crippen LogP) is 0.445. The molecule has 0 spiro atoms. The molecule has 84 valence electrons. The lowest BCUT2D eigenvalue weighted by molar-refractivity contribution is 0.0925. The summed E-state index contributed by atoms with van der Waals surface area (Å²) in [6, 6.07) is 5.52. The second-order valence-corrected chi connectivity index (χ2v) is 3.65. The van der Waals surface area contributed by atoms with Crippen molar-refractivity contribution in [3.05, 3.63) is 36.2 Å². The van der Waals surface area contributed by atoms with Gasteiger partial charge in [0.25, 0.3) is 5.91 Å². The molecule has 0 saturated heterocycles. The maximum Gasteiger partial charge on any atom is 0.255 e.